The molecule has 144 valence electrons. The summed E-state index contributed by atoms with van der Waals surface area (Å²) in [5.41, 5.74) is 4.67. The molecule has 1 aliphatic carbocycles. The van der Waals surface area contributed by atoms with Crippen LogP contribution in [-0.4, -0.2) is 0 Å². The summed E-state index contributed by atoms with van der Waals surface area (Å²) in [4.78, 5) is 0. The van der Waals surface area contributed by atoms with Crippen molar-refractivity contribution in [3.05, 3.63) is 70.8 Å². The first-order valence-electron chi connectivity index (χ1n) is 11.0. The maximum atomic E-state index is 3.50. The van der Waals surface area contributed by atoms with Crippen LogP contribution in [0.25, 0.3) is 0 Å². The Morgan fingerprint density at radius 2 is 1.46 bits per heavy atom. The van der Waals surface area contributed by atoms with Crippen molar-refractivity contribution in [2.45, 2.75) is 65.2 Å². The molecular formula is C28H32. The fraction of sp³-hybridized carbons (Fsp3) is 0.429. The van der Waals surface area contributed by atoms with E-state index in [0.29, 0.717) is 5.92 Å². The molecule has 0 bridgehead atoms. The molecule has 2 aromatic rings. The van der Waals surface area contributed by atoms with Crippen LogP contribution >= 0.6 is 0 Å². The van der Waals surface area contributed by atoms with Gasteiger partial charge in [-0.3, -0.25) is 0 Å². The van der Waals surface area contributed by atoms with E-state index in [0.717, 1.165) is 29.0 Å². The second-order valence-corrected chi connectivity index (χ2v) is 7.98. The molecule has 0 amide bonds. The zero-order valence-corrected chi connectivity index (χ0v) is 17.4. The van der Waals surface area contributed by atoms with Gasteiger partial charge < -0.3 is 0 Å². The van der Waals surface area contributed by atoms with Gasteiger partial charge in [-0.2, -0.15) is 0 Å². The summed E-state index contributed by atoms with van der Waals surface area (Å²) in [7, 11) is 0. The molecule has 0 heterocycles. The van der Waals surface area contributed by atoms with Crippen molar-refractivity contribution in [3.8, 4) is 23.7 Å². The van der Waals surface area contributed by atoms with Crippen molar-refractivity contribution in [1.82, 2.24) is 0 Å². The normalized spacial score (nSPS) is 18.5. The third kappa shape index (κ3) is 6.04. The van der Waals surface area contributed by atoms with Gasteiger partial charge in [-0.05, 0) is 80.3 Å². The molecule has 1 fully saturated rings. The zero-order valence-electron chi connectivity index (χ0n) is 17.4. The van der Waals surface area contributed by atoms with Crippen molar-refractivity contribution in [3.63, 3.8) is 0 Å². The minimum Gasteiger partial charge on any atom is -0.0945 e. The molecule has 0 aliphatic heterocycles. The van der Waals surface area contributed by atoms with Crippen LogP contribution in [0.15, 0.2) is 48.5 Å². The third-order valence-electron chi connectivity index (χ3n) is 5.89. The van der Waals surface area contributed by atoms with E-state index in [4.69, 9.17) is 0 Å². The second kappa shape index (κ2) is 10.8. The predicted molar refractivity (Wildman–Crippen MR) is 120 cm³/mol. The Kier molecular flexibility index (Phi) is 7.82. The van der Waals surface area contributed by atoms with Crippen LogP contribution < -0.4 is 0 Å². The van der Waals surface area contributed by atoms with Crippen molar-refractivity contribution in [1.29, 1.82) is 0 Å². The van der Waals surface area contributed by atoms with Crippen molar-refractivity contribution < 1.29 is 0 Å². The van der Waals surface area contributed by atoms with Gasteiger partial charge in [-0.1, -0.05) is 68.6 Å². The lowest BCUT2D eigenvalue weighted by atomic mass is 9.81. The average molecular weight is 369 g/mol. The lowest BCUT2D eigenvalue weighted by Crippen LogP contribution is -2.12. The van der Waals surface area contributed by atoms with Gasteiger partial charge in [0.05, 0.1) is 0 Å². The first-order chi connectivity index (χ1) is 13.8. The number of unbranched alkanes of at least 4 members (excludes halogenated alkanes) is 1. The molecule has 0 atom stereocenters. The quantitative estimate of drug-likeness (QED) is 0.510. The van der Waals surface area contributed by atoms with Crippen LogP contribution in [0.3, 0.4) is 0 Å². The largest absolute Gasteiger partial charge is 0.0945 e. The molecule has 0 nitrogen and oxygen atoms in total. The van der Waals surface area contributed by atoms with E-state index in [1.165, 1.54) is 50.5 Å². The summed E-state index contributed by atoms with van der Waals surface area (Å²) < 4.78 is 0. The summed E-state index contributed by atoms with van der Waals surface area (Å²) in [6, 6.07) is 16.9. The Balaban J connectivity index is 1.62. The molecule has 0 unspecified atom stereocenters. The highest BCUT2D eigenvalue weighted by molar-refractivity contribution is 5.48. The van der Waals surface area contributed by atoms with Crippen LogP contribution in [-0.2, 0) is 6.42 Å². The highest BCUT2D eigenvalue weighted by Crippen LogP contribution is 2.30. The Morgan fingerprint density at radius 3 is 2.14 bits per heavy atom. The summed E-state index contributed by atoms with van der Waals surface area (Å²) in [5.74, 6) is 15.1. The molecule has 0 radical (unpaired) electrons. The Bertz CT molecular complexity index is 856. The lowest BCUT2D eigenvalue weighted by molar-refractivity contribution is 0.309. The monoisotopic (exact) mass is 368 g/mol. The van der Waals surface area contributed by atoms with Gasteiger partial charge in [-0.25, -0.2) is 0 Å². The minimum absolute atomic E-state index is 0.585. The lowest BCUT2D eigenvalue weighted by Gasteiger charge is -2.24. The van der Waals surface area contributed by atoms with Crippen molar-refractivity contribution >= 4 is 0 Å². The highest BCUT2D eigenvalue weighted by atomic mass is 14.2. The molecular weight excluding hydrogens is 336 g/mol. The summed E-state index contributed by atoms with van der Waals surface area (Å²) in [6.45, 7) is 4.54. The Hall–Kier alpha value is -2.44. The van der Waals surface area contributed by atoms with Gasteiger partial charge in [-0.15, -0.1) is 0 Å². The zero-order chi connectivity index (χ0) is 19.6. The van der Waals surface area contributed by atoms with Gasteiger partial charge in [0.2, 0.25) is 0 Å². The molecule has 1 aliphatic rings. The molecule has 28 heavy (non-hydrogen) atoms. The maximum absolute atomic E-state index is 3.50. The summed E-state index contributed by atoms with van der Waals surface area (Å²) >= 11 is 0. The molecule has 3 rings (SSSR count). The molecule has 0 aromatic heterocycles. The van der Waals surface area contributed by atoms with E-state index < -0.39 is 0 Å². The van der Waals surface area contributed by atoms with E-state index in [9.17, 15) is 0 Å². The topological polar surface area (TPSA) is 0 Å². The van der Waals surface area contributed by atoms with Gasteiger partial charge in [0, 0.05) is 22.6 Å². The summed E-state index contributed by atoms with van der Waals surface area (Å²) in [6.07, 6.45) is 10.1. The average Bonchev–Trinajstić information content (AvgIpc) is 2.76. The van der Waals surface area contributed by atoms with Crippen molar-refractivity contribution in [2.24, 2.45) is 11.8 Å². The smallest absolute Gasteiger partial charge is 0.0281 e. The van der Waals surface area contributed by atoms with E-state index in [2.05, 4.69) is 86.1 Å². The predicted octanol–water partition coefficient (Wildman–Crippen LogP) is 7.00. The standard InChI is InChI=1S/C28H32/c1-3-5-8-27-9-6-7-10-28(27)22-21-26-19-17-25(18-20-26)16-15-24-13-11-23(4-2)12-14-24/h6-7,9-10,17-20,23-24H,3-5,8,11-14H2,1-2H3. The van der Waals surface area contributed by atoms with E-state index in [1.807, 2.05) is 0 Å². The first-order valence-corrected chi connectivity index (χ1v) is 11.0. The van der Waals surface area contributed by atoms with E-state index in [1.54, 1.807) is 0 Å². The highest BCUT2D eigenvalue weighted by Gasteiger charge is 2.17. The number of aryl methyl sites for hydroxylation is 1. The van der Waals surface area contributed by atoms with Gasteiger partial charge in [0.25, 0.3) is 0 Å². The number of rotatable bonds is 4. The SMILES string of the molecule is CCCCc1ccccc1C#Cc1ccc(C#CC2CCC(CC)CC2)cc1. The third-order valence-corrected chi connectivity index (χ3v) is 5.89. The van der Waals surface area contributed by atoms with E-state index >= 15 is 0 Å². The summed E-state index contributed by atoms with van der Waals surface area (Å²) in [5, 5.41) is 0. The van der Waals surface area contributed by atoms with Gasteiger partial charge >= 0.3 is 0 Å². The van der Waals surface area contributed by atoms with Crippen LogP contribution in [0.2, 0.25) is 0 Å². The maximum Gasteiger partial charge on any atom is 0.0281 e. The molecule has 0 heteroatoms. The van der Waals surface area contributed by atoms with Crippen LogP contribution in [0.4, 0.5) is 0 Å². The minimum atomic E-state index is 0.585. The molecule has 0 spiro atoms. The molecule has 2 aromatic carbocycles. The first kappa shape index (κ1) is 20.3. The molecule has 0 N–H and O–H groups in total. The number of hydrogen-bond donors (Lipinski definition) is 0. The fourth-order valence-electron chi connectivity index (χ4n) is 3.90. The molecule has 0 saturated heterocycles. The fourth-order valence-corrected chi connectivity index (χ4v) is 3.90. The molecule has 1 saturated carbocycles. The van der Waals surface area contributed by atoms with Crippen LogP contribution in [0, 0.1) is 35.5 Å². The van der Waals surface area contributed by atoms with E-state index in [-0.39, 0.29) is 0 Å². The Labute approximate surface area is 171 Å². The number of benzene rings is 2. The van der Waals surface area contributed by atoms with Gasteiger partial charge in [0.15, 0.2) is 0 Å². The van der Waals surface area contributed by atoms with Crippen LogP contribution in [0.5, 0.6) is 0 Å². The van der Waals surface area contributed by atoms with Gasteiger partial charge in [0.1, 0.15) is 0 Å². The number of hydrogen-bond acceptors (Lipinski definition) is 0. The second-order valence-electron chi connectivity index (χ2n) is 7.98. The Morgan fingerprint density at radius 1 is 0.786 bits per heavy atom. The van der Waals surface area contributed by atoms with Crippen molar-refractivity contribution in [2.75, 3.05) is 0 Å². The van der Waals surface area contributed by atoms with Crippen LogP contribution in [0.1, 0.15) is 81.0 Å².